The highest BCUT2D eigenvalue weighted by Crippen LogP contribution is 2.27. The predicted octanol–water partition coefficient (Wildman–Crippen LogP) is 3.55. The molecular weight excluding hydrogens is 380 g/mol. The van der Waals surface area contributed by atoms with Crippen molar-refractivity contribution in [2.24, 2.45) is 10.9 Å². The van der Waals surface area contributed by atoms with Gasteiger partial charge in [-0.25, -0.2) is 4.99 Å². The zero-order valence-electron chi connectivity index (χ0n) is 18.4. The molecule has 3 N–H and O–H groups in total. The van der Waals surface area contributed by atoms with Gasteiger partial charge < -0.3 is 25.4 Å². The molecule has 7 nitrogen and oxygen atoms in total. The van der Waals surface area contributed by atoms with Crippen LogP contribution >= 0.6 is 0 Å². The number of nitrogens with zero attached hydrogens (tertiary/aromatic N) is 1. The van der Waals surface area contributed by atoms with Crippen molar-refractivity contribution in [3.8, 4) is 11.5 Å². The predicted molar refractivity (Wildman–Crippen MR) is 121 cm³/mol. The van der Waals surface area contributed by atoms with Crippen LogP contribution in [0.15, 0.2) is 47.5 Å². The summed E-state index contributed by atoms with van der Waals surface area (Å²) in [6, 6.07) is 13.6. The Morgan fingerprint density at radius 1 is 0.967 bits per heavy atom. The standard InChI is InChI=1S/C23H32N4O3/c1-6-24-23(26-15-18-9-12-20(29-4)21(13-18)30-5)25-14-17-7-10-19(11-8-17)27-22(28)16(2)3/h7-13,16H,6,14-15H2,1-5H3,(H,27,28)(H2,24,25,26). The van der Waals surface area contributed by atoms with Crippen LogP contribution in [-0.4, -0.2) is 32.6 Å². The zero-order chi connectivity index (χ0) is 21.9. The van der Waals surface area contributed by atoms with Crippen molar-refractivity contribution in [1.82, 2.24) is 10.6 Å². The maximum atomic E-state index is 11.8. The Hall–Kier alpha value is -3.22. The first-order chi connectivity index (χ1) is 14.5. The Morgan fingerprint density at radius 3 is 2.23 bits per heavy atom. The summed E-state index contributed by atoms with van der Waals surface area (Å²) in [5.41, 5.74) is 2.91. The van der Waals surface area contributed by atoms with Crippen LogP contribution in [0.4, 0.5) is 5.69 Å². The molecule has 2 rings (SSSR count). The molecule has 0 aliphatic carbocycles. The molecule has 0 saturated carbocycles. The van der Waals surface area contributed by atoms with Gasteiger partial charge in [0.25, 0.3) is 0 Å². The fourth-order valence-corrected chi connectivity index (χ4v) is 2.67. The highest BCUT2D eigenvalue weighted by Gasteiger charge is 2.07. The van der Waals surface area contributed by atoms with Crippen molar-refractivity contribution in [3.63, 3.8) is 0 Å². The number of aliphatic imine (C=N–C) groups is 1. The molecular formula is C23H32N4O3. The smallest absolute Gasteiger partial charge is 0.226 e. The largest absolute Gasteiger partial charge is 0.493 e. The number of amides is 1. The van der Waals surface area contributed by atoms with Crippen LogP contribution in [0.2, 0.25) is 0 Å². The number of methoxy groups -OCH3 is 2. The van der Waals surface area contributed by atoms with Crippen molar-refractivity contribution >= 4 is 17.6 Å². The van der Waals surface area contributed by atoms with Gasteiger partial charge in [-0.15, -0.1) is 0 Å². The molecule has 0 aliphatic heterocycles. The van der Waals surface area contributed by atoms with E-state index in [1.54, 1.807) is 14.2 Å². The van der Waals surface area contributed by atoms with Crippen molar-refractivity contribution in [1.29, 1.82) is 0 Å². The molecule has 2 aromatic carbocycles. The van der Waals surface area contributed by atoms with Crippen molar-refractivity contribution in [2.45, 2.75) is 33.9 Å². The lowest BCUT2D eigenvalue weighted by atomic mass is 10.1. The number of hydrogen-bond donors (Lipinski definition) is 3. The van der Waals surface area contributed by atoms with Crippen LogP contribution in [0.3, 0.4) is 0 Å². The van der Waals surface area contributed by atoms with Gasteiger partial charge in [0.05, 0.1) is 20.8 Å². The minimum atomic E-state index is -0.0455. The van der Waals surface area contributed by atoms with Gasteiger partial charge in [-0.2, -0.15) is 0 Å². The SMILES string of the molecule is CCNC(=NCc1ccc(OC)c(OC)c1)NCc1ccc(NC(=O)C(C)C)cc1. The molecule has 0 aromatic heterocycles. The Labute approximate surface area is 178 Å². The number of rotatable bonds is 9. The zero-order valence-corrected chi connectivity index (χ0v) is 18.4. The first-order valence-electron chi connectivity index (χ1n) is 10.1. The molecule has 7 heteroatoms. The Bertz CT molecular complexity index is 848. The van der Waals surface area contributed by atoms with E-state index in [9.17, 15) is 4.79 Å². The molecule has 0 atom stereocenters. The van der Waals surface area contributed by atoms with Crippen LogP contribution in [-0.2, 0) is 17.9 Å². The molecule has 0 aliphatic rings. The summed E-state index contributed by atoms with van der Waals surface area (Å²) < 4.78 is 10.6. The summed E-state index contributed by atoms with van der Waals surface area (Å²) in [6.45, 7) is 7.66. The number of nitrogens with one attached hydrogen (secondary N) is 3. The van der Waals surface area contributed by atoms with Crippen molar-refractivity contribution < 1.29 is 14.3 Å². The molecule has 0 spiro atoms. The molecule has 162 valence electrons. The van der Waals surface area contributed by atoms with Crippen LogP contribution in [0.5, 0.6) is 11.5 Å². The molecule has 1 amide bonds. The van der Waals surface area contributed by atoms with E-state index in [2.05, 4.69) is 20.9 Å². The lowest BCUT2D eigenvalue weighted by molar-refractivity contribution is -0.118. The Balaban J connectivity index is 1.97. The van der Waals surface area contributed by atoms with Crippen LogP contribution in [0.25, 0.3) is 0 Å². The van der Waals surface area contributed by atoms with Gasteiger partial charge >= 0.3 is 0 Å². The van der Waals surface area contributed by atoms with Gasteiger partial charge in [-0.3, -0.25) is 4.79 Å². The van der Waals surface area contributed by atoms with Crippen molar-refractivity contribution in [3.05, 3.63) is 53.6 Å². The Morgan fingerprint density at radius 2 is 1.63 bits per heavy atom. The first-order valence-corrected chi connectivity index (χ1v) is 10.1. The van der Waals surface area contributed by atoms with E-state index < -0.39 is 0 Å². The fourth-order valence-electron chi connectivity index (χ4n) is 2.67. The molecule has 0 saturated heterocycles. The van der Waals surface area contributed by atoms with E-state index in [-0.39, 0.29) is 11.8 Å². The van der Waals surface area contributed by atoms with Gasteiger partial charge in [0.2, 0.25) is 5.91 Å². The molecule has 0 fully saturated rings. The van der Waals surface area contributed by atoms with Crippen LogP contribution in [0.1, 0.15) is 31.9 Å². The third kappa shape index (κ3) is 6.99. The summed E-state index contributed by atoms with van der Waals surface area (Å²) >= 11 is 0. The normalized spacial score (nSPS) is 11.2. The van der Waals surface area contributed by atoms with Gasteiger partial charge in [-0.1, -0.05) is 32.0 Å². The van der Waals surface area contributed by atoms with Gasteiger partial charge in [0, 0.05) is 24.7 Å². The Kier molecular flexibility index (Phi) is 9.00. The molecule has 0 bridgehead atoms. The summed E-state index contributed by atoms with van der Waals surface area (Å²) in [6.07, 6.45) is 0. The summed E-state index contributed by atoms with van der Waals surface area (Å²) in [7, 11) is 3.24. The number of carbonyl (C=O) groups is 1. The first kappa shape index (κ1) is 23.1. The minimum Gasteiger partial charge on any atom is -0.493 e. The second kappa shape index (κ2) is 11.7. The molecule has 30 heavy (non-hydrogen) atoms. The molecule has 0 unspecified atom stereocenters. The maximum Gasteiger partial charge on any atom is 0.226 e. The fraction of sp³-hybridized carbons (Fsp3) is 0.391. The monoisotopic (exact) mass is 412 g/mol. The summed E-state index contributed by atoms with van der Waals surface area (Å²) in [5, 5.41) is 9.48. The molecule has 0 heterocycles. The highest BCUT2D eigenvalue weighted by atomic mass is 16.5. The van der Waals surface area contributed by atoms with E-state index in [0.29, 0.717) is 24.6 Å². The number of guanidine groups is 1. The molecule has 2 aromatic rings. The number of benzene rings is 2. The van der Waals surface area contributed by atoms with Gasteiger partial charge in [0.15, 0.2) is 17.5 Å². The average Bonchev–Trinajstić information content (AvgIpc) is 2.76. The second-order valence-electron chi connectivity index (χ2n) is 7.08. The van der Waals surface area contributed by atoms with Crippen molar-refractivity contribution in [2.75, 3.05) is 26.1 Å². The number of carbonyl (C=O) groups excluding carboxylic acids is 1. The second-order valence-corrected chi connectivity index (χ2v) is 7.08. The van der Waals surface area contributed by atoms with Gasteiger partial charge in [-0.05, 0) is 42.3 Å². The number of hydrogen-bond acceptors (Lipinski definition) is 4. The average molecular weight is 413 g/mol. The lowest BCUT2D eigenvalue weighted by Crippen LogP contribution is -2.36. The number of ether oxygens (including phenoxy) is 2. The lowest BCUT2D eigenvalue weighted by Gasteiger charge is -2.13. The third-order valence-electron chi connectivity index (χ3n) is 4.42. The molecule has 0 radical (unpaired) electrons. The van der Waals surface area contributed by atoms with Crippen LogP contribution < -0.4 is 25.4 Å². The van der Waals surface area contributed by atoms with E-state index in [1.807, 2.05) is 63.2 Å². The third-order valence-corrected chi connectivity index (χ3v) is 4.42. The van der Waals surface area contributed by atoms with Crippen LogP contribution in [0, 0.1) is 5.92 Å². The maximum absolute atomic E-state index is 11.8. The van der Waals surface area contributed by atoms with E-state index in [1.165, 1.54) is 0 Å². The topological polar surface area (TPSA) is 84.0 Å². The van der Waals surface area contributed by atoms with E-state index in [0.717, 1.165) is 29.3 Å². The van der Waals surface area contributed by atoms with E-state index >= 15 is 0 Å². The van der Waals surface area contributed by atoms with E-state index in [4.69, 9.17) is 9.47 Å². The summed E-state index contributed by atoms with van der Waals surface area (Å²) in [4.78, 5) is 16.4. The summed E-state index contributed by atoms with van der Waals surface area (Å²) in [5.74, 6) is 2.08. The quantitative estimate of drug-likeness (QED) is 0.433. The van der Waals surface area contributed by atoms with Gasteiger partial charge in [0.1, 0.15) is 0 Å². The number of anilines is 1. The highest BCUT2D eigenvalue weighted by molar-refractivity contribution is 5.92. The minimum absolute atomic E-state index is 0.0117.